The van der Waals surface area contributed by atoms with E-state index in [4.69, 9.17) is 0 Å². The third-order valence-corrected chi connectivity index (χ3v) is 4.09. The van der Waals surface area contributed by atoms with E-state index in [1.54, 1.807) is 0 Å². The molecular formula is C14H18BrN3. The Kier molecular flexibility index (Phi) is 4.19. The maximum Gasteiger partial charge on any atom is 0.0522 e. The summed E-state index contributed by atoms with van der Waals surface area (Å²) in [6.45, 7) is 2.15. The van der Waals surface area contributed by atoms with E-state index in [2.05, 4.69) is 57.7 Å². The van der Waals surface area contributed by atoms with Gasteiger partial charge in [0.2, 0.25) is 0 Å². The Morgan fingerprint density at radius 2 is 2.22 bits per heavy atom. The molecule has 96 valence electrons. The maximum atomic E-state index is 4.22. The molecule has 18 heavy (non-hydrogen) atoms. The Morgan fingerprint density at radius 1 is 1.44 bits per heavy atom. The number of halogens is 1. The van der Waals surface area contributed by atoms with Crippen LogP contribution in [0.25, 0.3) is 0 Å². The topological polar surface area (TPSA) is 29.9 Å². The second kappa shape index (κ2) is 5.67. The van der Waals surface area contributed by atoms with E-state index in [1.807, 2.05) is 25.0 Å². The zero-order chi connectivity index (χ0) is 13.1. The first kappa shape index (κ1) is 13.3. The van der Waals surface area contributed by atoms with Gasteiger partial charge in [-0.15, -0.1) is 0 Å². The molecular weight excluding hydrogens is 290 g/mol. The minimum absolute atomic E-state index is 0.312. The molecule has 1 N–H and O–H groups in total. The van der Waals surface area contributed by atoms with Crippen molar-refractivity contribution in [1.29, 1.82) is 0 Å². The Labute approximate surface area is 116 Å². The highest BCUT2D eigenvalue weighted by Crippen LogP contribution is 2.26. The van der Waals surface area contributed by atoms with E-state index in [1.165, 1.54) is 16.7 Å². The first-order valence-electron chi connectivity index (χ1n) is 6.01. The van der Waals surface area contributed by atoms with E-state index >= 15 is 0 Å². The molecule has 2 rings (SSSR count). The number of benzene rings is 1. The van der Waals surface area contributed by atoms with Crippen molar-refractivity contribution < 1.29 is 0 Å². The third kappa shape index (κ3) is 2.82. The second-order valence-corrected chi connectivity index (χ2v) is 5.38. The van der Waals surface area contributed by atoms with Crippen LogP contribution in [0.2, 0.25) is 0 Å². The van der Waals surface area contributed by atoms with E-state index in [-0.39, 0.29) is 0 Å². The average molecular weight is 308 g/mol. The van der Waals surface area contributed by atoms with Gasteiger partial charge in [-0.3, -0.25) is 4.68 Å². The Morgan fingerprint density at radius 3 is 2.83 bits per heavy atom. The minimum Gasteiger partial charge on any atom is -0.313 e. The number of aromatic nitrogens is 2. The number of nitrogens with zero attached hydrogens (tertiary/aromatic N) is 2. The maximum absolute atomic E-state index is 4.22. The fraction of sp³-hybridized carbons (Fsp3) is 0.357. The van der Waals surface area contributed by atoms with Crippen molar-refractivity contribution in [2.75, 3.05) is 7.05 Å². The predicted molar refractivity (Wildman–Crippen MR) is 77.6 cm³/mol. The SMILES string of the molecule is CNC(Cc1cnn(C)c1)c1cccc(Br)c1C. The molecule has 1 aromatic carbocycles. The molecule has 0 aliphatic heterocycles. The van der Waals surface area contributed by atoms with Gasteiger partial charge >= 0.3 is 0 Å². The standard InChI is InChI=1S/C14H18BrN3/c1-10-12(5-4-6-13(10)15)14(16-2)7-11-8-17-18(3)9-11/h4-6,8-9,14,16H,7H2,1-3H3. The van der Waals surface area contributed by atoms with Crippen LogP contribution in [-0.4, -0.2) is 16.8 Å². The third-order valence-electron chi connectivity index (χ3n) is 3.23. The lowest BCUT2D eigenvalue weighted by Gasteiger charge is -2.19. The lowest BCUT2D eigenvalue weighted by molar-refractivity contribution is 0.588. The fourth-order valence-electron chi connectivity index (χ4n) is 2.18. The molecule has 1 aromatic heterocycles. The number of aryl methyl sites for hydroxylation is 1. The molecule has 4 heteroatoms. The first-order valence-corrected chi connectivity index (χ1v) is 6.81. The zero-order valence-electron chi connectivity index (χ0n) is 10.9. The Hall–Kier alpha value is -1.13. The second-order valence-electron chi connectivity index (χ2n) is 4.52. The number of rotatable bonds is 4. The minimum atomic E-state index is 0.312. The van der Waals surface area contributed by atoms with Gasteiger partial charge in [-0.1, -0.05) is 28.1 Å². The fourth-order valence-corrected chi connectivity index (χ4v) is 2.56. The smallest absolute Gasteiger partial charge is 0.0522 e. The monoisotopic (exact) mass is 307 g/mol. The van der Waals surface area contributed by atoms with Crippen LogP contribution >= 0.6 is 15.9 Å². The Bertz CT molecular complexity index is 534. The molecule has 0 aliphatic rings. The van der Waals surface area contributed by atoms with Crippen molar-refractivity contribution in [2.45, 2.75) is 19.4 Å². The average Bonchev–Trinajstić information content (AvgIpc) is 2.76. The lowest BCUT2D eigenvalue weighted by Crippen LogP contribution is -2.19. The molecule has 0 saturated heterocycles. The van der Waals surface area contributed by atoms with Crippen molar-refractivity contribution in [2.24, 2.45) is 7.05 Å². The highest BCUT2D eigenvalue weighted by molar-refractivity contribution is 9.10. The van der Waals surface area contributed by atoms with Crippen LogP contribution in [0.15, 0.2) is 35.1 Å². The lowest BCUT2D eigenvalue weighted by atomic mass is 9.97. The summed E-state index contributed by atoms with van der Waals surface area (Å²) in [6.07, 6.45) is 4.94. The molecule has 0 amide bonds. The summed E-state index contributed by atoms with van der Waals surface area (Å²) < 4.78 is 3.00. The summed E-state index contributed by atoms with van der Waals surface area (Å²) in [5, 5.41) is 7.60. The van der Waals surface area contributed by atoms with E-state index in [0.29, 0.717) is 6.04 Å². The number of hydrogen-bond acceptors (Lipinski definition) is 2. The van der Waals surface area contributed by atoms with Crippen LogP contribution in [0.3, 0.4) is 0 Å². The predicted octanol–water partition coefficient (Wildman–Crippen LogP) is 2.99. The van der Waals surface area contributed by atoms with Crippen LogP contribution < -0.4 is 5.32 Å². The molecule has 0 radical (unpaired) electrons. The van der Waals surface area contributed by atoms with Crippen LogP contribution in [0, 0.1) is 6.92 Å². The number of hydrogen-bond donors (Lipinski definition) is 1. The molecule has 0 saturated carbocycles. The van der Waals surface area contributed by atoms with Gasteiger partial charge in [0.1, 0.15) is 0 Å². The molecule has 0 fully saturated rings. The van der Waals surface area contributed by atoms with Crippen LogP contribution in [0.4, 0.5) is 0 Å². The molecule has 0 bridgehead atoms. The number of likely N-dealkylation sites (N-methyl/N-ethyl adjacent to an activating group) is 1. The van der Waals surface area contributed by atoms with Crippen LogP contribution in [0.5, 0.6) is 0 Å². The van der Waals surface area contributed by atoms with Gasteiger partial charge in [-0.05, 0) is 43.1 Å². The molecule has 1 unspecified atom stereocenters. The van der Waals surface area contributed by atoms with Crippen molar-refractivity contribution in [1.82, 2.24) is 15.1 Å². The van der Waals surface area contributed by atoms with Gasteiger partial charge in [-0.2, -0.15) is 5.10 Å². The van der Waals surface area contributed by atoms with Gasteiger partial charge in [0.05, 0.1) is 6.20 Å². The summed E-state index contributed by atoms with van der Waals surface area (Å²) in [7, 11) is 3.95. The van der Waals surface area contributed by atoms with E-state index < -0.39 is 0 Å². The largest absolute Gasteiger partial charge is 0.313 e. The molecule has 1 atom stereocenters. The molecule has 0 aliphatic carbocycles. The summed E-state index contributed by atoms with van der Waals surface area (Å²) in [5.74, 6) is 0. The highest BCUT2D eigenvalue weighted by Gasteiger charge is 2.14. The highest BCUT2D eigenvalue weighted by atomic mass is 79.9. The molecule has 3 nitrogen and oxygen atoms in total. The van der Waals surface area contributed by atoms with Gasteiger partial charge in [0, 0.05) is 23.8 Å². The van der Waals surface area contributed by atoms with E-state index in [0.717, 1.165) is 10.9 Å². The summed E-state index contributed by atoms with van der Waals surface area (Å²) >= 11 is 3.59. The van der Waals surface area contributed by atoms with E-state index in [9.17, 15) is 0 Å². The quantitative estimate of drug-likeness (QED) is 0.941. The van der Waals surface area contributed by atoms with Gasteiger partial charge < -0.3 is 5.32 Å². The zero-order valence-corrected chi connectivity index (χ0v) is 12.5. The molecule has 0 spiro atoms. The Balaban J connectivity index is 2.25. The van der Waals surface area contributed by atoms with Gasteiger partial charge in [-0.25, -0.2) is 0 Å². The molecule has 1 heterocycles. The van der Waals surface area contributed by atoms with Crippen molar-refractivity contribution >= 4 is 15.9 Å². The van der Waals surface area contributed by atoms with Crippen molar-refractivity contribution in [3.8, 4) is 0 Å². The van der Waals surface area contributed by atoms with Crippen LogP contribution in [-0.2, 0) is 13.5 Å². The van der Waals surface area contributed by atoms with Crippen molar-refractivity contribution in [3.63, 3.8) is 0 Å². The molecule has 2 aromatic rings. The number of nitrogens with one attached hydrogen (secondary N) is 1. The summed E-state index contributed by atoms with van der Waals surface area (Å²) in [5.41, 5.74) is 3.87. The normalized spacial score (nSPS) is 12.7. The van der Waals surface area contributed by atoms with Gasteiger partial charge in [0.15, 0.2) is 0 Å². The van der Waals surface area contributed by atoms with Crippen molar-refractivity contribution in [3.05, 3.63) is 51.8 Å². The van der Waals surface area contributed by atoms with Gasteiger partial charge in [0.25, 0.3) is 0 Å². The van der Waals surface area contributed by atoms with Crippen LogP contribution in [0.1, 0.15) is 22.7 Å². The first-order chi connectivity index (χ1) is 8.61. The summed E-state index contributed by atoms with van der Waals surface area (Å²) in [4.78, 5) is 0. The summed E-state index contributed by atoms with van der Waals surface area (Å²) in [6, 6.07) is 6.65.